The van der Waals surface area contributed by atoms with Gasteiger partial charge in [0.05, 0.1) is 16.5 Å². The highest BCUT2D eigenvalue weighted by atomic mass is 79.9. The number of carbonyl (C=O) groups is 1. The van der Waals surface area contributed by atoms with Crippen LogP contribution in [0.4, 0.5) is 0 Å². The Morgan fingerprint density at radius 3 is 2.73 bits per heavy atom. The van der Waals surface area contributed by atoms with E-state index in [1.54, 1.807) is 0 Å². The maximum absolute atomic E-state index is 12.1. The number of hydrogen-bond acceptors (Lipinski definition) is 3. The Bertz CT molecular complexity index is 934. The monoisotopic (exact) mass is 358 g/mol. The van der Waals surface area contributed by atoms with Crippen LogP contribution < -0.4 is 5.56 Å². The van der Waals surface area contributed by atoms with E-state index < -0.39 is 5.97 Å². The molecule has 0 aliphatic heterocycles. The van der Waals surface area contributed by atoms with Crippen molar-refractivity contribution in [2.45, 2.75) is 6.42 Å². The number of halogens is 1. The summed E-state index contributed by atoms with van der Waals surface area (Å²) in [4.78, 5) is 30.2. The molecule has 0 aliphatic carbocycles. The number of nitrogens with one attached hydrogen (secondary N) is 1. The van der Waals surface area contributed by atoms with Crippen LogP contribution >= 0.6 is 15.9 Å². The molecular weight excluding hydrogens is 348 g/mol. The Morgan fingerprint density at radius 2 is 2.00 bits per heavy atom. The molecule has 0 aliphatic rings. The molecule has 0 radical (unpaired) electrons. The Labute approximate surface area is 133 Å². The average Bonchev–Trinajstić information content (AvgIpc) is 2.49. The fourth-order valence-corrected chi connectivity index (χ4v) is 2.65. The predicted molar refractivity (Wildman–Crippen MR) is 86.3 cm³/mol. The second-order valence-corrected chi connectivity index (χ2v) is 5.67. The Morgan fingerprint density at radius 1 is 1.23 bits per heavy atom. The molecule has 1 heterocycles. The number of aromatic nitrogens is 2. The van der Waals surface area contributed by atoms with Crippen molar-refractivity contribution in [1.29, 1.82) is 0 Å². The maximum Gasteiger partial charge on any atom is 0.335 e. The molecule has 3 aromatic rings. The number of benzene rings is 2. The molecule has 5 nitrogen and oxygen atoms in total. The van der Waals surface area contributed by atoms with Crippen LogP contribution in [0.1, 0.15) is 21.7 Å². The first-order valence-corrected chi connectivity index (χ1v) is 7.33. The van der Waals surface area contributed by atoms with Gasteiger partial charge in [-0.15, -0.1) is 0 Å². The van der Waals surface area contributed by atoms with E-state index in [0.717, 1.165) is 10.0 Å². The van der Waals surface area contributed by atoms with Crippen LogP contribution in [0.15, 0.2) is 51.7 Å². The minimum Gasteiger partial charge on any atom is -0.478 e. The van der Waals surface area contributed by atoms with Crippen molar-refractivity contribution in [2.24, 2.45) is 0 Å². The molecule has 0 bridgehead atoms. The molecule has 0 fully saturated rings. The van der Waals surface area contributed by atoms with Crippen LogP contribution in [0.2, 0.25) is 0 Å². The second kappa shape index (κ2) is 5.73. The van der Waals surface area contributed by atoms with Crippen molar-refractivity contribution in [1.82, 2.24) is 9.97 Å². The van der Waals surface area contributed by atoms with Crippen molar-refractivity contribution in [3.63, 3.8) is 0 Å². The van der Waals surface area contributed by atoms with E-state index in [4.69, 9.17) is 5.11 Å². The molecule has 0 atom stereocenters. The van der Waals surface area contributed by atoms with Gasteiger partial charge in [0, 0.05) is 10.9 Å². The number of fused-ring (bicyclic) bond motifs is 1. The van der Waals surface area contributed by atoms with E-state index in [2.05, 4.69) is 25.9 Å². The van der Waals surface area contributed by atoms with Crippen molar-refractivity contribution >= 4 is 32.8 Å². The number of aromatic amines is 1. The van der Waals surface area contributed by atoms with Crippen LogP contribution in [0, 0.1) is 0 Å². The van der Waals surface area contributed by atoms with E-state index in [1.807, 2.05) is 24.3 Å². The van der Waals surface area contributed by atoms with Gasteiger partial charge in [-0.2, -0.15) is 0 Å². The van der Waals surface area contributed by atoms with Crippen LogP contribution in [-0.2, 0) is 6.42 Å². The fraction of sp³-hybridized carbons (Fsp3) is 0.0625. The first-order chi connectivity index (χ1) is 10.5. The number of carboxylic acids is 1. The zero-order chi connectivity index (χ0) is 15.7. The number of aromatic carboxylic acids is 1. The summed E-state index contributed by atoms with van der Waals surface area (Å²) in [6.45, 7) is 0. The molecule has 0 saturated heterocycles. The molecule has 0 unspecified atom stereocenters. The highest BCUT2D eigenvalue weighted by molar-refractivity contribution is 9.10. The number of H-pyrrole nitrogens is 1. The van der Waals surface area contributed by atoms with E-state index in [1.165, 1.54) is 18.2 Å². The summed E-state index contributed by atoms with van der Waals surface area (Å²) >= 11 is 3.46. The highest BCUT2D eigenvalue weighted by Gasteiger charge is 2.09. The van der Waals surface area contributed by atoms with Gasteiger partial charge >= 0.3 is 5.97 Å². The first kappa shape index (κ1) is 14.5. The lowest BCUT2D eigenvalue weighted by atomic mass is 10.1. The topological polar surface area (TPSA) is 83.0 Å². The second-order valence-electron chi connectivity index (χ2n) is 4.82. The summed E-state index contributed by atoms with van der Waals surface area (Å²) in [5.74, 6) is -0.553. The maximum atomic E-state index is 12.1. The summed E-state index contributed by atoms with van der Waals surface area (Å²) in [6.07, 6.45) is 0.448. The molecule has 2 aromatic carbocycles. The van der Waals surface area contributed by atoms with Gasteiger partial charge in [-0.05, 0) is 29.8 Å². The van der Waals surface area contributed by atoms with Crippen LogP contribution in [0.3, 0.4) is 0 Å². The van der Waals surface area contributed by atoms with E-state index in [-0.39, 0.29) is 11.1 Å². The smallest absolute Gasteiger partial charge is 0.335 e. The molecule has 22 heavy (non-hydrogen) atoms. The highest BCUT2D eigenvalue weighted by Crippen LogP contribution is 2.19. The van der Waals surface area contributed by atoms with Gasteiger partial charge in [-0.25, -0.2) is 9.78 Å². The molecule has 1 aromatic heterocycles. The molecule has 6 heteroatoms. The predicted octanol–water partition coefficient (Wildman–Crippen LogP) is 2.97. The molecule has 2 N–H and O–H groups in total. The van der Waals surface area contributed by atoms with Crippen LogP contribution in [0.5, 0.6) is 0 Å². The van der Waals surface area contributed by atoms with Crippen molar-refractivity contribution in [3.8, 4) is 0 Å². The van der Waals surface area contributed by atoms with Gasteiger partial charge in [-0.3, -0.25) is 4.79 Å². The average molecular weight is 359 g/mol. The minimum absolute atomic E-state index is 0.109. The summed E-state index contributed by atoms with van der Waals surface area (Å²) in [6, 6.07) is 11.9. The Balaban J connectivity index is 2.09. The quantitative estimate of drug-likeness (QED) is 0.753. The number of nitrogens with zero attached hydrogens (tertiary/aromatic N) is 1. The third kappa shape index (κ3) is 2.78. The molecular formula is C16H11BrN2O3. The number of hydrogen-bond donors (Lipinski definition) is 2. The molecule has 0 saturated carbocycles. The lowest BCUT2D eigenvalue weighted by Gasteiger charge is -2.06. The first-order valence-electron chi connectivity index (χ1n) is 6.54. The summed E-state index contributed by atoms with van der Waals surface area (Å²) < 4.78 is 0.928. The largest absolute Gasteiger partial charge is 0.478 e. The van der Waals surface area contributed by atoms with Crippen molar-refractivity contribution < 1.29 is 9.90 Å². The lowest BCUT2D eigenvalue weighted by Crippen LogP contribution is -2.13. The molecule has 3 rings (SSSR count). The zero-order valence-electron chi connectivity index (χ0n) is 11.3. The van der Waals surface area contributed by atoms with E-state index in [9.17, 15) is 9.59 Å². The molecule has 110 valence electrons. The van der Waals surface area contributed by atoms with Gasteiger partial charge in [0.25, 0.3) is 5.56 Å². The zero-order valence-corrected chi connectivity index (χ0v) is 12.9. The lowest BCUT2D eigenvalue weighted by molar-refractivity contribution is 0.0697. The summed E-state index contributed by atoms with van der Waals surface area (Å²) in [5.41, 5.74) is 1.20. The normalized spacial score (nSPS) is 10.8. The van der Waals surface area contributed by atoms with Gasteiger partial charge in [0.1, 0.15) is 5.82 Å². The van der Waals surface area contributed by atoms with Crippen molar-refractivity contribution in [2.75, 3.05) is 0 Å². The standard InChI is InChI=1S/C16H11BrN2O3/c17-12-4-2-1-3-9(12)8-14-18-13-7-10(16(21)22)5-6-11(13)15(20)19-14/h1-7H,8H2,(H,21,22)(H,18,19,20). The number of rotatable bonds is 3. The SMILES string of the molecule is O=C(O)c1ccc2c(=O)[nH]c(Cc3ccccc3Br)nc2c1. The Hall–Kier alpha value is -2.47. The summed E-state index contributed by atoms with van der Waals surface area (Å²) in [7, 11) is 0. The van der Waals surface area contributed by atoms with Gasteiger partial charge in [-0.1, -0.05) is 34.1 Å². The van der Waals surface area contributed by atoms with E-state index in [0.29, 0.717) is 23.1 Å². The van der Waals surface area contributed by atoms with Gasteiger partial charge in [0.15, 0.2) is 0 Å². The fourth-order valence-electron chi connectivity index (χ4n) is 2.23. The van der Waals surface area contributed by atoms with Crippen LogP contribution in [0.25, 0.3) is 10.9 Å². The Kier molecular flexibility index (Phi) is 3.77. The minimum atomic E-state index is -1.05. The van der Waals surface area contributed by atoms with Crippen molar-refractivity contribution in [3.05, 3.63) is 74.2 Å². The summed E-state index contributed by atoms with van der Waals surface area (Å²) in [5, 5.41) is 9.41. The molecule has 0 spiro atoms. The van der Waals surface area contributed by atoms with Gasteiger partial charge in [0.2, 0.25) is 0 Å². The van der Waals surface area contributed by atoms with Crippen LogP contribution in [-0.4, -0.2) is 21.0 Å². The third-order valence-corrected chi connectivity index (χ3v) is 4.09. The van der Waals surface area contributed by atoms with E-state index >= 15 is 0 Å². The molecule has 0 amide bonds. The third-order valence-electron chi connectivity index (χ3n) is 3.32. The number of carboxylic acid groups (broad SMARTS) is 1. The van der Waals surface area contributed by atoms with Gasteiger partial charge < -0.3 is 10.1 Å².